The van der Waals surface area contributed by atoms with E-state index >= 15 is 0 Å². The smallest absolute Gasteiger partial charge is 0.265 e. The molecule has 3 rings (SSSR count). The molecular weight excluding hydrogens is 254 g/mol. The lowest BCUT2D eigenvalue weighted by Gasteiger charge is -2.10. The maximum absolute atomic E-state index is 12.6. The summed E-state index contributed by atoms with van der Waals surface area (Å²) in [5.74, 6) is 0.611. The number of anilines is 1. The Labute approximate surface area is 115 Å². The lowest BCUT2D eigenvalue weighted by molar-refractivity contribution is 0.412. The van der Waals surface area contributed by atoms with Gasteiger partial charge in [0.15, 0.2) is 0 Å². The van der Waals surface area contributed by atoms with Gasteiger partial charge in [-0.25, -0.2) is 4.98 Å². The number of methoxy groups -OCH3 is 1. The molecule has 2 aromatic carbocycles. The Kier molecular flexibility index (Phi) is 2.87. The highest BCUT2D eigenvalue weighted by atomic mass is 16.5. The maximum Gasteiger partial charge on any atom is 0.265 e. The van der Waals surface area contributed by atoms with Crippen molar-refractivity contribution in [3.05, 3.63) is 59.1 Å². The van der Waals surface area contributed by atoms with E-state index in [1.807, 2.05) is 12.1 Å². The van der Waals surface area contributed by atoms with E-state index < -0.39 is 0 Å². The summed E-state index contributed by atoms with van der Waals surface area (Å²) in [6, 6.07) is 12.4. The van der Waals surface area contributed by atoms with Crippen LogP contribution in [0.3, 0.4) is 0 Å². The van der Waals surface area contributed by atoms with Crippen molar-refractivity contribution >= 4 is 16.6 Å². The topological polar surface area (TPSA) is 70.1 Å². The summed E-state index contributed by atoms with van der Waals surface area (Å²) in [5, 5.41) is 0.485. The van der Waals surface area contributed by atoms with Gasteiger partial charge in [-0.15, -0.1) is 0 Å². The molecule has 1 heterocycles. The number of para-hydroxylation sites is 2. The van der Waals surface area contributed by atoms with Crippen molar-refractivity contribution in [2.45, 2.75) is 0 Å². The second-order valence-corrected chi connectivity index (χ2v) is 4.37. The van der Waals surface area contributed by atoms with Gasteiger partial charge in [0.1, 0.15) is 12.1 Å². The molecule has 0 bridgehead atoms. The van der Waals surface area contributed by atoms with Gasteiger partial charge >= 0.3 is 0 Å². The number of benzene rings is 2. The fourth-order valence-electron chi connectivity index (χ4n) is 2.14. The molecule has 0 fully saturated rings. The van der Waals surface area contributed by atoms with Crippen LogP contribution in [0.4, 0.5) is 5.69 Å². The Morgan fingerprint density at radius 2 is 2.00 bits per heavy atom. The fraction of sp³-hybridized carbons (Fsp3) is 0.0667. The average Bonchev–Trinajstić information content (AvgIpc) is 2.48. The van der Waals surface area contributed by atoms with Crippen LogP contribution in [0.25, 0.3) is 16.6 Å². The first-order valence-electron chi connectivity index (χ1n) is 6.11. The van der Waals surface area contributed by atoms with Crippen LogP contribution in [0.2, 0.25) is 0 Å². The first-order chi connectivity index (χ1) is 9.70. The van der Waals surface area contributed by atoms with Crippen molar-refractivity contribution in [1.82, 2.24) is 9.55 Å². The third kappa shape index (κ3) is 1.89. The summed E-state index contributed by atoms with van der Waals surface area (Å²) in [6.07, 6.45) is 1.50. The molecule has 0 saturated heterocycles. The largest absolute Gasteiger partial charge is 0.495 e. The van der Waals surface area contributed by atoms with Crippen molar-refractivity contribution in [3.63, 3.8) is 0 Å². The molecule has 0 unspecified atom stereocenters. The molecular formula is C15H13N3O2. The molecule has 0 aliphatic heterocycles. The highest BCUT2D eigenvalue weighted by Crippen LogP contribution is 2.21. The van der Waals surface area contributed by atoms with Crippen LogP contribution in [-0.2, 0) is 0 Å². The molecule has 0 spiro atoms. The van der Waals surface area contributed by atoms with E-state index in [0.29, 0.717) is 28.0 Å². The molecule has 0 aliphatic carbocycles. The van der Waals surface area contributed by atoms with Crippen molar-refractivity contribution in [2.24, 2.45) is 0 Å². The van der Waals surface area contributed by atoms with Gasteiger partial charge < -0.3 is 10.5 Å². The predicted molar refractivity (Wildman–Crippen MR) is 78.3 cm³/mol. The molecule has 0 saturated carbocycles. The molecule has 3 aromatic rings. The van der Waals surface area contributed by atoms with Gasteiger partial charge in [-0.2, -0.15) is 0 Å². The highest BCUT2D eigenvalue weighted by molar-refractivity contribution is 5.81. The van der Waals surface area contributed by atoms with Gasteiger partial charge in [0.25, 0.3) is 5.56 Å². The third-order valence-corrected chi connectivity index (χ3v) is 3.13. The quantitative estimate of drug-likeness (QED) is 0.721. The van der Waals surface area contributed by atoms with Gasteiger partial charge in [0.05, 0.1) is 23.7 Å². The highest BCUT2D eigenvalue weighted by Gasteiger charge is 2.09. The second kappa shape index (κ2) is 4.70. The SMILES string of the molecule is COc1ccccc1-n1cnc2ccc(N)cc2c1=O. The second-order valence-electron chi connectivity index (χ2n) is 4.37. The van der Waals surface area contributed by atoms with Crippen LogP contribution in [0.1, 0.15) is 0 Å². The Bertz CT molecular complexity index is 840. The van der Waals surface area contributed by atoms with E-state index in [0.717, 1.165) is 0 Å². The molecule has 5 nitrogen and oxygen atoms in total. The summed E-state index contributed by atoms with van der Waals surface area (Å²) in [4.78, 5) is 16.8. The minimum atomic E-state index is -0.174. The molecule has 0 aliphatic rings. The zero-order valence-electron chi connectivity index (χ0n) is 10.9. The number of nitrogens with zero attached hydrogens (tertiary/aromatic N) is 2. The van der Waals surface area contributed by atoms with E-state index in [-0.39, 0.29) is 5.56 Å². The third-order valence-electron chi connectivity index (χ3n) is 3.13. The van der Waals surface area contributed by atoms with Crippen molar-refractivity contribution in [1.29, 1.82) is 0 Å². The molecule has 0 radical (unpaired) electrons. The van der Waals surface area contributed by atoms with Gasteiger partial charge in [-0.1, -0.05) is 12.1 Å². The standard InChI is InChI=1S/C15H13N3O2/c1-20-14-5-3-2-4-13(14)18-9-17-12-7-6-10(16)8-11(12)15(18)19/h2-9H,16H2,1H3. The first-order valence-corrected chi connectivity index (χ1v) is 6.11. The molecule has 2 N–H and O–H groups in total. The van der Waals surface area contributed by atoms with Crippen LogP contribution in [-0.4, -0.2) is 16.7 Å². The van der Waals surface area contributed by atoms with Crippen LogP contribution in [0, 0.1) is 0 Å². The van der Waals surface area contributed by atoms with Crippen LogP contribution < -0.4 is 16.0 Å². The van der Waals surface area contributed by atoms with E-state index in [9.17, 15) is 4.79 Å². The van der Waals surface area contributed by atoms with Crippen molar-refractivity contribution < 1.29 is 4.74 Å². The normalized spacial score (nSPS) is 10.7. The molecule has 100 valence electrons. The van der Waals surface area contributed by atoms with Crippen molar-refractivity contribution in [2.75, 3.05) is 12.8 Å². The summed E-state index contributed by atoms with van der Waals surface area (Å²) in [5.41, 5.74) is 7.37. The number of hydrogen-bond acceptors (Lipinski definition) is 4. The molecule has 20 heavy (non-hydrogen) atoms. The lowest BCUT2D eigenvalue weighted by Crippen LogP contribution is -2.19. The zero-order chi connectivity index (χ0) is 14.1. The number of aromatic nitrogens is 2. The van der Waals surface area contributed by atoms with Crippen molar-refractivity contribution in [3.8, 4) is 11.4 Å². The maximum atomic E-state index is 12.6. The monoisotopic (exact) mass is 267 g/mol. The van der Waals surface area contributed by atoms with Gasteiger partial charge in [-0.3, -0.25) is 9.36 Å². The number of nitrogen functional groups attached to an aromatic ring is 1. The Morgan fingerprint density at radius 1 is 1.20 bits per heavy atom. The summed E-state index contributed by atoms with van der Waals surface area (Å²) < 4.78 is 6.74. The van der Waals surface area contributed by atoms with Gasteiger partial charge in [0.2, 0.25) is 0 Å². The summed E-state index contributed by atoms with van der Waals surface area (Å²) in [7, 11) is 1.57. The predicted octanol–water partition coefficient (Wildman–Crippen LogP) is 1.98. The Hall–Kier alpha value is -2.82. The molecule has 5 heteroatoms. The number of fused-ring (bicyclic) bond motifs is 1. The van der Waals surface area contributed by atoms with Gasteiger partial charge in [0, 0.05) is 5.69 Å². The Morgan fingerprint density at radius 3 is 2.80 bits per heavy atom. The number of ether oxygens (including phenoxy) is 1. The lowest BCUT2D eigenvalue weighted by atomic mass is 10.2. The van der Waals surface area contributed by atoms with E-state index in [2.05, 4.69) is 4.98 Å². The zero-order valence-corrected chi connectivity index (χ0v) is 10.9. The molecule has 0 amide bonds. The minimum absolute atomic E-state index is 0.174. The summed E-state index contributed by atoms with van der Waals surface area (Å²) in [6.45, 7) is 0. The van der Waals surface area contributed by atoms with Gasteiger partial charge in [-0.05, 0) is 30.3 Å². The Balaban J connectivity index is 2.32. The first kappa shape index (κ1) is 12.2. The number of nitrogens with two attached hydrogens (primary N) is 1. The molecule has 0 atom stereocenters. The van der Waals surface area contributed by atoms with Crippen LogP contribution in [0.5, 0.6) is 5.75 Å². The summed E-state index contributed by atoms with van der Waals surface area (Å²) >= 11 is 0. The average molecular weight is 267 g/mol. The van der Waals surface area contributed by atoms with Crippen LogP contribution in [0.15, 0.2) is 53.6 Å². The van der Waals surface area contributed by atoms with E-state index in [1.54, 1.807) is 37.4 Å². The minimum Gasteiger partial charge on any atom is -0.495 e. The molecule has 1 aromatic heterocycles. The number of hydrogen-bond donors (Lipinski definition) is 1. The van der Waals surface area contributed by atoms with Crippen LogP contribution >= 0.6 is 0 Å². The number of rotatable bonds is 2. The fourth-order valence-corrected chi connectivity index (χ4v) is 2.14. The van der Waals surface area contributed by atoms with E-state index in [1.165, 1.54) is 10.9 Å². The van der Waals surface area contributed by atoms with E-state index in [4.69, 9.17) is 10.5 Å².